The van der Waals surface area contributed by atoms with Gasteiger partial charge in [0.2, 0.25) is 11.8 Å². The zero-order valence-electron chi connectivity index (χ0n) is 37.4. The van der Waals surface area contributed by atoms with Crippen molar-refractivity contribution in [3.63, 3.8) is 0 Å². The van der Waals surface area contributed by atoms with E-state index in [0.717, 1.165) is 57.3 Å². The summed E-state index contributed by atoms with van der Waals surface area (Å²) in [5, 5.41) is 7.66. The van der Waals surface area contributed by atoms with E-state index in [1.807, 2.05) is 44.0 Å². The number of hydrogen-bond donors (Lipinski definition) is 4. The molecule has 3 aromatic carbocycles. The van der Waals surface area contributed by atoms with Crippen LogP contribution in [0.25, 0.3) is 44.4 Å². The number of aromatic nitrogens is 4. The number of imidazole rings is 2. The topological polar surface area (TPSA) is 184 Å². The van der Waals surface area contributed by atoms with Crippen LogP contribution in [0.1, 0.15) is 71.1 Å². The van der Waals surface area contributed by atoms with Crippen molar-refractivity contribution in [2.45, 2.75) is 78.0 Å². The Balaban J connectivity index is 1.02. The maximum atomic E-state index is 14.0. The standard InChI is InChI=1S/C48H60N8O7S/c1-29(2)41(53-46(59)61-5)45(58)56(28-48(4)17-18-48)30(3)43-50-26-39(52-43)37-14-13-35-23-34(11-12-36(35)24-37)31-7-9-32(10-8-31)38-25-49-40(51-38)27-55(19-22-64)44(57)42(54-47(60)62-6)33-15-20-63-21-16-33/h7-14,23-26,29-30,33,41-42,64H,15-22,27-28H2,1-6H3,(H,49,51)(H,50,52)(H,53,59)(H,54,60)/p-1/t30-,41-,42-/m0/s1. The predicted molar refractivity (Wildman–Crippen MR) is 247 cm³/mol. The molecular weight excluding hydrogens is 833 g/mol. The van der Waals surface area contributed by atoms with Gasteiger partial charge in [0.25, 0.3) is 0 Å². The molecule has 4 N–H and O–H groups in total. The molecule has 15 nitrogen and oxygen atoms in total. The number of alkyl carbamates (subject to hydrolysis) is 2. The lowest BCUT2D eigenvalue weighted by Crippen LogP contribution is -2.53. The minimum atomic E-state index is -0.754. The zero-order valence-corrected chi connectivity index (χ0v) is 38.3. The molecule has 1 saturated heterocycles. The lowest BCUT2D eigenvalue weighted by Gasteiger charge is -2.35. The van der Waals surface area contributed by atoms with Gasteiger partial charge in [0.05, 0.1) is 50.6 Å². The van der Waals surface area contributed by atoms with Crippen LogP contribution in [0.5, 0.6) is 0 Å². The SMILES string of the molecule is COC(=O)N[C@H](C(=O)N(CC1(C)CC1)[C@@H](C)c1ncc(-c2ccc3cc(-c4ccc(-c5cnc(CN(CC[S-])C(=O)[C@@H](NC(=O)OC)C6CCOCC6)[nH]5)cc4)ccc3c2)[nH]1)C(C)C. The van der Waals surface area contributed by atoms with E-state index in [4.69, 9.17) is 31.8 Å². The largest absolute Gasteiger partial charge is 0.791 e. The third-order valence-corrected chi connectivity index (χ3v) is 12.8. The van der Waals surface area contributed by atoms with Gasteiger partial charge in [0.15, 0.2) is 0 Å². The molecule has 2 aromatic heterocycles. The Morgan fingerprint density at radius 3 is 2.05 bits per heavy atom. The maximum Gasteiger partial charge on any atom is 0.407 e. The molecule has 0 spiro atoms. The van der Waals surface area contributed by atoms with E-state index in [9.17, 15) is 19.2 Å². The minimum absolute atomic E-state index is 0.0385. The molecule has 16 heteroatoms. The molecule has 1 saturated carbocycles. The second kappa shape index (κ2) is 20.3. The van der Waals surface area contributed by atoms with Crippen LogP contribution < -0.4 is 10.6 Å². The number of aromatic amines is 2. The lowest BCUT2D eigenvalue weighted by molar-refractivity contribution is -0.138. The fraction of sp³-hybridized carbons (Fsp3) is 0.458. The van der Waals surface area contributed by atoms with Gasteiger partial charge in [0, 0.05) is 25.3 Å². The van der Waals surface area contributed by atoms with Crippen LogP contribution in [0.3, 0.4) is 0 Å². The number of carbonyl (C=O) groups is 4. The van der Waals surface area contributed by atoms with Gasteiger partial charge in [-0.2, -0.15) is 5.75 Å². The van der Waals surface area contributed by atoms with E-state index < -0.39 is 24.3 Å². The molecule has 1 aliphatic heterocycles. The summed E-state index contributed by atoms with van der Waals surface area (Å²) < 4.78 is 15.2. The number of hydrogen-bond acceptors (Lipinski definition) is 10. The Kier molecular flexibility index (Phi) is 14.6. The first kappa shape index (κ1) is 46.1. The summed E-state index contributed by atoms with van der Waals surface area (Å²) in [7, 11) is 2.58. The molecule has 4 amide bonds. The van der Waals surface area contributed by atoms with Crippen molar-refractivity contribution in [3.8, 4) is 33.6 Å². The monoisotopic (exact) mass is 891 g/mol. The highest BCUT2D eigenvalue weighted by molar-refractivity contribution is 7.58. The van der Waals surface area contributed by atoms with Crippen molar-refractivity contribution >= 4 is 47.4 Å². The molecule has 3 heterocycles. The maximum absolute atomic E-state index is 14.0. The van der Waals surface area contributed by atoms with Crippen molar-refractivity contribution in [2.75, 3.05) is 46.3 Å². The van der Waals surface area contributed by atoms with Crippen molar-refractivity contribution in [1.82, 2.24) is 40.4 Å². The molecule has 340 valence electrons. The number of methoxy groups -OCH3 is 2. The Morgan fingerprint density at radius 1 is 0.812 bits per heavy atom. The molecule has 0 radical (unpaired) electrons. The fourth-order valence-corrected chi connectivity index (χ4v) is 8.53. The van der Waals surface area contributed by atoms with E-state index >= 15 is 0 Å². The number of nitrogens with one attached hydrogen (secondary N) is 4. The average Bonchev–Trinajstić information content (AvgIpc) is 3.62. The Morgan fingerprint density at radius 2 is 1.41 bits per heavy atom. The molecule has 0 unspecified atom stereocenters. The predicted octanol–water partition coefficient (Wildman–Crippen LogP) is 7.38. The summed E-state index contributed by atoms with van der Waals surface area (Å²) >= 11 is 5.28. The van der Waals surface area contributed by atoms with Gasteiger partial charge in [0.1, 0.15) is 23.7 Å². The van der Waals surface area contributed by atoms with Crippen molar-refractivity contribution in [1.29, 1.82) is 0 Å². The number of ether oxygens (including phenoxy) is 3. The quantitative estimate of drug-likeness (QED) is 0.0687. The van der Waals surface area contributed by atoms with Crippen LogP contribution >= 0.6 is 0 Å². The lowest BCUT2D eigenvalue weighted by atomic mass is 9.90. The van der Waals surface area contributed by atoms with Crippen LogP contribution in [0.15, 0.2) is 73.1 Å². The number of amides is 4. The summed E-state index contributed by atoms with van der Waals surface area (Å²) in [5.74, 6) is 1.02. The summed E-state index contributed by atoms with van der Waals surface area (Å²) in [6.45, 7) is 10.2. The number of H-pyrrole nitrogens is 2. The van der Waals surface area contributed by atoms with Crippen LogP contribution in [-0.4, -0.2) is 112 Å². The Bertz CT molecular complexity index is 2420. The van der Waals surface area contributed by atoms with Crippen LogP contribution in [-0.2, 0) is 43.0 Å². The second-order valence-corrected chi connectivity index (χ2v) is 18.0. The normalized spacial score (nSPS) is 16.1. The molecular formula is C48H59N8O7S-. The van der Waals surface area contributed by atoms with E-state index in [1.54, 1.807) is 11.1 Å². The molecule has 1 aliphatic carbocycles. The number of carbonyl (C=O) groups excluding carboxylic acids is 4. The first-order valence-electron chi connectivity index (χ1n) is 22.0. The highest BCUT2D eigenvalue weighted by Gasteiger charge is 2.43. The second-order valence-electron chi connectivity index (χ2n) is 17.6. The first-order chi connectivity index (χ1) is 30.8. The van der Waals surface area contributed by atoms with Crippen molar-refractivity contribution in [3.05, 3.63) is 84.7 Å². The number of nitrogens with zero attached hydrogens (tertiary/aromatic N) is 4. The fourth-order valence-electron chi connectivity index (χ4n) is 8.31. The smallest absolute Gasteiger partial charge is 0.407 e. The highest BCUT2D eigenvalue weighted by Crippen LogP contribution is 2.47. The van der Waals surface area contributed by atoms with Gasteiger partial charge in [-0.15, -0.1) is 0 Å². The number of fused-ring (bicyclic) bond motifs is 1. The summed E-state index contributed by atoms with van der Waals surface area (Å²) in [5.41, 5.74) is 5.75. The molecule has 5 aromatic rings. The van der Waals surface area contributed by atoms with E-state index in [2.05, 4.69) is 81.0 Å². The summed E-state index contributed by atoms with van der Waals surface area (Å²) in [4.78, 5) is 72.0. The van der Waals surface area contributed by atoms with Gasteiger partial charge in [-0.25, -0.2) is 19.6 Å². The third kappa shape index (κ3) is 10.9. The molecule has 3 atom stereocenters. The molecule has 2 aliphatic rings. The third-order valence-electron chi connectivity index (χ3n) is 12.6. The highest BCUT2D eigenvalue weighted by atomic mass is 32.1. The van der Waals surface area contributed by atoms with Crippen LogP contribution in [0.2, 0.25) is 0 Å². The van der Waals surface area contributed by atoms with Crippen molar-refractivity contribution in [2.24, 2.45) is 17.3 Å². The Hall–Kier alpha value is -5.87. The van der Waals surface area contributed by atoms with Gasteiger partial charge in [-0.1, -0.05) is 69.3 Å². The molecule has 0 bridgehead atoms. The minimum Gasteiger partial charge on any atom is -0.791 e. The van der Waals surface area contributed by atoms with Gasteiger partial charge >= 0.3 is 12.2 Å². The van der Waals surface area contributed by atoms with Crippen LogP contribution in [0, 0.1) is 17.3 Å². The number of benzene rings is 3. The molecule has 7 rings (SSSR count). The van der Waals surface area contributed by atoms with E-state index in [1.165, 1.54) is 14.2 Å². The average molecular weight is 892 g/mol. The van der Waals surface area contributed by atoms with Gasteiger partial charge in [-0.3, -0.25) is 9.59 Å². The summed E-state index contributed by atoms with van der Waals surface area (Å²) in [6.07, 6.45) is 5.68. The van der Waals surface area contributed by atoms with E-state index in [-0.39, 0.29) is 41.7 Å². The summed E-state index contributed by atoms with van der Waals surface area (Å²) in [6, 6.07) is 19.1. The zero-order chi connectivity index (χ0) is 45.5. The van der Waals surface area contributed by atoms with Crippen molar-refractivity contribution < 1.29 is 33.4 Å². The van der Waals surface area contributed by atoms with E-state index in [0.29, 0.717) is 56.5 Å². The number of rotatable bonds is 17. The molecule has 2 fully saturated rings. The molecule has 64 heavy (non-hydrogen) atoms. The van der Waals surface area contributed by atoms with Crippen LogP contribution in [0.4, 0.5) is 9.59 Å². The Labute approximate surface area is 379 Å². The van der Waals surface area contributed by atoms with Gasteiger partial charge in [-0.05, 0) is 96.0 Å². The first-order valence-corrected chi connectivity index (χ1v) is 22.5. The van der Waals surface area contributed by atoms with Gasteiger partial charge < -0.3 is 57.2 Å².